The number of anilines is 1. The maximum Gasteiger partial charge on any atom is 0.303 e. The van der Waals surface area contributed by atoms with E-state index in [4.69, 9.17) is 5.11 Å². The molecule has 0 spiro atoms. The predicted octanol–water partition coefficient (Wildman–Crippen LogP) is 1.47. The second-order valence-corrected chi connectivity index (χ2v) is 4.44. The van der Waals surface area contributed by atoms with Gasteiger partial charge in [-0.1, -0.05) is 12.1 Å². The van der Waals surface area contributed by atoms with Crippen LogP contribution in [0.1, 0.15) is 12.8 Å². The van der Waals surface area contributed by atoms with Gasteiger partial charge in [0.2, 0.25) is 0 Å². The van der Waals surface area contributed by atoms with Gasteiger partial charge in [0.25, 0.3) is 0 Å². The Morgan fingerprint density at radius 3 is 3.00 bits per heavy atom. The van der Waals surface area contributed by atoms with Crippen molar-refractivity contribution in [2.24, 2.45) is 0 Å². The van der Waals surface area contributed by atoms with Crippen molar-refractivity contribution in [3.05, 3.63) is 30.1 Å². The molecule has 1 unspecified atom stereocenters. The van der Waals surface area contributed by atoms with Crippen LogP contribution in [0.5, 0.6) is 0 Å². The lowest BCUT2D eigenvalue weighted by Gasteiger charge is -2.38. The molecule has 4 nitrogen and oxygen atoms in total. The molecule has 98 valence electrons. The van der Waals surface area contributed by atoms with E-state index in [0.717, 1.165) is 6.54 Å². The zero-order valence-electron chi connectivity index (χ0n) is 10.1. The zero-order valence-corrected chi connectivity index (χ0v) is 10.1. The standard InChI is InChI=1S/C13H17FN2O2/c14-11-3-1-2-4-12(11)16-8-7-15-9-10(16)5-6-13(17)18/h1-4,10,15H,5-9H2,(H,17,18). The Labute approximate surface area is 105 Å². The number of halogens is 1. The fraction of sp³-hybridized carbons (Fsp3) is 0.462. The third-order valence-electron chi connectivity index (χ3n) is 3.20. The molecule has 0 radical (unpaired) electrons. The van der Waals surface area contributed by atoms with E-state index in [1.54, 1.807) is 18.2 Å². The molecule has 0 aromatic heterocycles. The molecule has 1 atom stereocenters. The minimum Gasteiger partial charge on any atom is -0.481 e. The van der Waals surface area contributed by atoms with E-state index < -0.39 is 5.97 Å². The number of nitrogens with one attached hydrogen (secondary N) is 1. The normalized spacial score (nSPS) is 19.8. The molecule has 1 aromatic carbocycles. The van der Waals surface area contributed by atoms with Crippen LogP contribution in [0.25, 0.3) is 0 Å². The topological polar surface area (TPSA) is 52.6 Å². The molecular formula is C13H17FN2O2. The number of nitrogens with zero attached hydrogens (tertiary/aromatic N) is 1. The van der Waals surface area contributed by atoms with Gasteiger partial charge in [-0.15, -0.1) is 0 Å². The Balaban J connectivity index is 2.12. The van der Waals surface area contributed by atoms with Gasteiger partial charge in [0, 0.05) is 32.1 Å². The summed E-state index contributed by atoms with van der Waals surface area (Å²) in [5, 5.41) is 12.0. The highest BCUT2D eigenvalue weighted by Crippen LogP contribution is 2.23. The Hall–Kier alpha value is -1.62. The monoisotopic (exact) mass is 252 g/mol. The largest absolute Gasteiger partial charge is 0.481 e. The third kappa shape index (κ3) is 2.98. The highest BCUT2D eigenvalue weighted by molar-refractivity contribution is 5.66. The molecule has 1 fully saturated rings. The number of piperazine rings is 1. The molecule has 1 aromatic rings. The lowest BCUT2D eigenvalue weighted by Crippen LogP contribution is -2.51. The van der Waals surface area contributed by atoms with Crippen molar-refractivity contribution in [3.63, 3.8) is 0 Å². The van der Waals surface area contributed by atoms with E-state index in [1.165, 1.54) is 6.07 Å². The quantitative estimate of drug-likeness (QED) is 0.852. The van der Waals surface area contributed by atoms with Crippen molar-refractivity contribution in [1.82, 2.24) is 5.32 Å². The molecule has 0 saturated carbocycles. The zero-order chi connectivity index (χ0) is 13.0. The minimum absolute atomic E-state index is 0.0340. The van der Waals surface area contributed by atoms with Crippen molar-refractivity contribution < 1.29 is 14.3 Å². The van der Waals surface area contributed by atoms with Gasteiger partial charge in [0.1, 0.15) is 5.82 Å². The molecule has 2 N–H and O–H groups in total. The third-order valence-corrected chi connectivity index (χ3v) is 3.20. The van der Waals surface area contributed by atoms with Crippen molar-refractivity contribution in [1.29, 1.82) is 0 Å². The molecule has 0 amide bonds. The van der Waals surface area contributed by atoms with Crippen LogP contribution in [0.4, 0.5) is 10.1 Å². The average molecular weight is 252 g/mol. The number of hydrogen-bond donors (Lipinski definition) is 2. The van der Waals surface area contributed by atoms with E-state index in [1.807, 2.05) is 4.90 Å². The summed E-state index contributed by atoms with van der Waals surface area (Å²) in [5.41, 5.74) is 0.564. The molecule has 18 heavy (non-hydrogen) atoms. The van der Waals surface area contributed by atoms with E-state index in [-0.39, 0.29) is 18.3 Å². The van der Waals surface area contributed by atoms with Crippen LogP contribution in [0.15, 0.2) is 24.3 Å². The van der Waals surface area contributed by atoms with Gasteiger partial charge in [0.05, 0.1) is 5.69 Å². The average Bonchev–Trinajstić information content (AvgIpc) is 2.37. The number of benzene rings is 1. The highest BCUT2D eigenvalue weighted by atomic mass is 19.1. The summed E-state index contributed by atoms with van der Waals surface area (Å²) < 4.78 is 13.8. The van der Waals surface area contributed by atoms with Crippen molar-refractivity contribution in [2.45, 2.75) is 18.9 Å². The molecule has 5 heteroatoms. The summed E-state index contributed by atoms with van der Waals surface area (Å²) in [6.07, 6.45) is 0.633. The first-order valence-corrected chi connectivity index (χ1v) is 6.12. The van der Waals surface area contributed by atoms with E-state index in [9.17, 15) is 9.18 Å². The minimum atomic E-state index is -0.811. The number of hydrogen-bond acceptors (Lipinski definition) is 3. The van der Waals surface area contributed by atoms with Crippen molar-refractivity contribution >= 4 is 11.7 Å². The molecule has 1 heterocycles. The summed E-state index contributed by atoms with van der Waals surface area (Å²) in [6.45, 7) is 2.19. The molecular weight excluding hydrogens is 235 g/mol. The second-order valence-electron chi connectivity index (χ2n) is 4.44. The van der Waals surface area contributed by atoms with Crippen LogP contribution in [0.2, 0.25) is 0 Å². The van der Waals surface area contributed by atoms with Crippen molar-refractivity contribution in [2.75, 3.05) is 24.5 Å². The fourth-order valence-corrected chi connectivity index (χ4v) is 2.31. The Bertz CT molecular complexity index is 425. The van der Waals surface area contributed by atoms with Gasteiger partial charge < -0.3 is 15.3 Å². The SMILES string of the molecule is O=C(O)CCC1CNCCN1c1ccccc1F. The lowest BCUT2D eigenvalue weighted by molar-refractivity contribution is -0.137. The number of para-hydroxylation sites is 1. The van der Waals surface area contributed by atoms with Gasteiger partial charge in [-0.25, -0.2) is 4.39 Å². The van der Waals surface area contributed by atoms with Gasteiger partial charge in [-0.05, 0) is 18.6 Å². The smallest absolute Gasteiger partial charge is 0.303 e. The first-order chi connectivity index (χ1) is 8.68. The summed E-state index contributed by atoms with van der Waals surface area (Å²) in [4.78, 5) is 12.6. The van der Waals surface area contributed by atoms with Gasteiger partial charge in [0.15, 0.2) is 0 Å². The number of aliphatic carboxylic acids is 1. The second kappa shape index (κ2) is 5.82. The number of carboxylic acid groups (broad SMARTS) is 1. The Morgan fingerprint density at radius 1 is 1.50 bits per heavy atom. The molecule has 2 rings (SSSR count). The summed E-state index contributed by atoms with van der Waals surface area (Å²) in [6, 6.07) is 6.67. The molecule has 1 saturated heterocycles. The molecule has 1 aliphatic heterocycles. The number of carbonyl (C=O) groups is 1. The van der Waals surface area contributed by atoms with Crippen LogP contribution >= 0.6 is 0 Å². The van der Waals surface area contributed by atoms with Gasteiger partial charge in [-0.2, -0.15) is 0 Å². The van der Waals surface area contributed by atoms with Crippen molar-refractivity contribution in [3.8, 4) is 0 Å². The maximum absolute atomic E-state index is 13.8. The first-order valence-electron chi connectivity index (χ1n) is 6.12. The Morgan fingerprint density at radius 2 is 2.28 bits per heavy atom. The number of rotatable bonds is 4. The van der Waals surface area contributed by atoms with Gasteiger partial charge in [-0.3, -0.25) is 4.79 Å². The fourth-order valence-electron chi connectivity index (χ4n) is 2.31. The van der Waals surface area contributed by atoms with E-state index >= 15 is 0 Å². The van der Waals surface area contributed by atoms with E-state index in [0.29, 0.717) is 25.2 Å². The highest BCUT2D eigenvalue weighted by Gasteiger charge is 2.24. The molecule has 0 bridgehead atoms. The molecule has 0 aliphatic carbocycles. The van der Waals surface area contributed by atoms with Gasteiger partial charge >= 0.3 is 5.97 Å². The molecule has 1 aliphatic rings. The van der Waals surface area contributed by atoms with Crippen LogP contribution < -0.4 is 10.2 Å². The lowest BCUT2D eigenvalue weighted by atomic mass is 10.1. The van der Waals surface area contributed by atoms with Crippen LogP contribution in [-0.2, 0) is 4.79 Å². The predicted molar refractivity (Wildman–Crippen MR) is 67.3 cm³/mol. The Kier molecular flexibility index (Phi) is 4.15. The van der Waals surface area contributed by atoms with Crippen LogP contribution in [0, 0.1) is 5.82 Å². The summed E-state index contributed by atoms with van der Waals surface area (Å²) in [7, 11) is 0. The van der Waals surface area contributed by atoms with Crippen LogP contribution in [-0.4, -0.2) is 36.8 Å². The number of carboxylic acids is 1. The first kappa shape index (κ1) is 12.8. The van der Waals surface area contributed by atoms with E-state index in [2.05, 4.69) is 5.32 Å². The maximum atomic E-state index is 13.8. The summed E-state index contributed by atoms with van der Waals surface area (Å²) >= 11 is 0. The van der Waals surface area contributed by atoms with Crippen LogP contribution in [0.3, 0.4) is 0 Å². The summed E-state index contributed by atoms with van der Waals surface area (Å²) in [5.74, 6) is -1.06.